The molecule has 0 radical (unpaired) electrons. The predicted octanol–water partition coefficient (Wildman–Crippen LogP) is 6.19. The summed E-state index contributed by atoms with van der Waals surface area (Å²) in [4.78, 5) is 0. The van der Waals surface area contributed by atoms with Crippen molar-refractivity contribution in [1.82, 2.24) is 0 Å². The third-order valence-corrected chi connectivity index (χ3v) is 5.22. The van der Waals surface area contributed by atoms with Crippen molar-refractivity contribution in [1.29, 1.82) is 0 Å². The number of benzene rings is 3. The van der Waals surface area contributed by atoms with Gasteiger partial charge in [0, 0.05) is 19.9 Å². The van der Waals surface area contributed by atoms with Crippen LogP contribution in [0.2, 0.25) is 0 Å². The molecule has 0 heterocycles. The normalized spacial score (nSPS) is 18.8. The van der Waals surface area contributed by atoms with E-state index >= 15 is 0 Å². The Balaban J connectivity index is 0.000000152. The molecule has 0 saturated carbocycles. The molecule has 2 unspecified atom stereocenters. The van der Waals surface area contributed by atoms with Gasteiger partial charge in [0.05, 0.1) is 12.2 Å². The summed E-state index contributed by atoms with van der Waals surface area (Å²) in [5.41, 5.74) is 0.738. The average molecular weight is 486 g/mol. The smallest absolute Gasteiger partial charge is 0.132 e. The zero-order chi connectivity index (χ0) is 18.8. The van der Waals surface area contributed by atoms with Gasteiger partial charge in [-0.2, -0.15) is 0 Å². The van der Waals surface area contributed by atoms with Gasteiger partial charge >= 0.3 is 0 Å². The van der Waals surface area contributed by atoms with Gasteiger partial charge in [0.15, 0.2) is 0 Å². The molecule has 0 saturated heterocycles. The molecule has 6 heteroatoms. The van der Waals surface area contributed by atoms with E-state index in [2.05, 4.69) is 31.9 Å². The SMILES string of the molecule is Fc1cc(Br)cc2ccccc12.OC1CCC(O)c2c(F)cc(Br)cc21. The van der Waals surface area contributed by atoms with Crippen molar-refractivity contribution in [3.05, 3.63) is 80.2 Å². The molecule has 4 rings (SSSR count). The number of halogens is 4. The van der Waals surface area contributed by atoms with Crippen molar-refractivity contribution < 1.29 is 19.0 Å². The first kappa shape index (κ1) is 19.4. The number of hydrogen-bond acceptors (Lipinski definition) is 2. The van der Waals surface area contributed by atoms with Gasteiger partial charge in [-0.25, -0.2) is 8.78 Å². The van der Waals surface area contributed by atoms with E-state index in [4.69, 9.17) is 0 Å². The maximum Gasteiger partial charge on any atom is 0.132 e. The van der Waals surface area contributed by atoms with Crippen LogP contribution in [0.4, 0.5) is 8.78 Å². The van der Waals surface area contributed by atoms with Crippen LogP contribution in [0.1, 0.15) is 36.2 Å². The van der Waals surface area contributed by atoms with Gasteiger partial charge in [-0.3, -0.25) is 0 Å². The molecule has 0 amide bonds. The quantitative estimate of drug-likeness (QED) is 0.398. The van der Waals surface area contributed by atoms with E-state index in [1.807, 2.05) is 24.3 Å². The molecule has 1 aliphatic rings. The number of aliphatic hydroxyl groups excluding tert-OH is 2. The molecule has 0 aromatic heterocycles. The van der Waals surface area contributed by atoms with Gasteiger partial charge in [0.1, 0.15) is 11.6 Å². The summed E-state index contributed by atoms with van der Waals surface area (Å²) in [6.07, 6.45) is -0.571. The fraction of sp³-hybridized carbons (Fsp3) is 0.200. The Morgan fingerprint density at radius 2 is 1.42 bits per heavy atom. The topological polar surface area (TPSA) is 40.5 Å². The standard InChI is InChI=1S/C10H10BrFO2.C10H6BrF/c11-5-3-6-8(13)1-2-9(14)10(6)7(12)4-5;11-8-5-7-3-1-2-4-9(7)10(12)6-8/h3-4,8-9,13-14H,1-2H2;1-6H. The van der Waals surface area contributed by atoms with E-state index < -0.39 is 18.0 Å². The Morgan fingerprint density at radius 3 is 2.19 bits per heavy atom. The lowest BCUT2D eigenvalue weighted by molar-refractivity contribution is 0.0877. The van der Waals surface area contributed by atoms with Crippen molar-refractivity contribution in [2.24, 2.45) is 0 Å². The molecule has 0 fully saturated rings. The summed E-state index contributed by atoms with van der Waals surface area (Å²) < 4.78 is 28.0. The largest absolute Gasteiger partial charge is 0.388 e. The zero-order valence-electron chi connectivity index (χ0n) is 13.6. The Labute approximate surface area is 166 Å². The Morgan fingerprint density at radius 1 is 0.808 bits per heavy atom. The van der Waals surface area contributed by atoms with Gasteiger partial charge in [-0.15, -0.1) is 0 Å². The van der Waals surface area contributed by atoms with E-state index in [9.17, 15) is 19.0 Å². The van der Waals surface area contributed by atoms with Crippen LogP contribution in [-0.4, -0.2) is 10.2 Å². The third-order valence-electron chi connectivity index (χ3n) is 4.31. The minimum atomic E-state index is -0.790. The van der Waals surface area contributed by atoms with Gasteiger partial charge in [0.25, 0.3) is 0 Å². The fourth-order valence-corrected chi connectivity index (χ4v) is 3.97. The summed E-state index contributed by atoms with van der Waals surface area (Å²) in [6, 6.07) is 13.7. The van der Waals surface area contributed by atoms with E-state index in [0.29, 0.717) is 28.3 Å². The monoisotopic (exact) mass is 484 g/mol. The number of rotatable bonds is 0. The highest BCUT2D eigenvalue weighted by molar-refractivity contribution is 9.10. The average Bonchev–Trinajstić information content (AvgIpc) is 2.58. The summed E-state index contributed by atoms with van der Waals surface area (Å²) in [5, 5.41) is 20.8. The summed E-state index contributed by atoms with van der Waals surface area (Å²) in [7, 11) is 0. The second-order valence-electron chi connectivity index (χ2n) is 6.11. The van der Waals surface area contributed by atoms with Gasteiger partial charge < -0.3 is 10.2 Å². The lowest BCUT2D eigenvalue weighted by atomic mass is 9.87. The van der Waals surface area contributed by atoms with E-state index in [1.54, 1.807) is 12.1 Å². The van der Waals surface area contributed by atoms with Crippen LogP contribution in [-0.2, 0) is 0 Å². The highest BCUT2D eigenvalue weighted by atomic mass is 79.9. The summed E-state index contributed by atoms with van der Waals surface area (Å²) in [5.74, 6) is -0.638. The van der Waals surface area contributed by atoms with Crippen LogP contribution in [0.5, 0.6) is 0 Å². The van der Waals surface area contributed by atoms with Crippen LogP contribution >= 0.6 is 31.9 Å². The van der Waals surface area contributed by atoms with Crippen LogP contribution in [0, 0.1) is 11.6 Å². The molecule has 2 N–H and O–H groups in total. The number of aliphatic hydroxyl groups is 2. The van der Waals surface area contributed by atoms with Gasteiger partial charge in [-0.1, -0.05) is 56.1 Å². The molecule has 3 aromatic rings. The molecule has 1 aliphatic carbocycles. The molecule has 3 aromatic carbocycles. The molecule has 2 nitrogen and oxygen atoms in total. The van der Waals surface area contributed by atoms with Crippen LogP contribution in [0.3, 0.4) is 0 Å². The first-order valence-electron chi connectivity index (χ1n) is 8.05. The summed E-state index contributed by atoms with van der Waals surface area (Å²) >= 11 is 6.40. The molecule has 0 bridgehead atoms. The van der Waals surface area contributed by atoms with Crippen LogP contribution in [0.25, 0.3) is 10.8 Å². The predicted molar refractivity (Wildman–Crippen MR) is 105 cm³/mol. The molecule has 26 heavy (non-hydrogen) atoms. The molecule has 136 valence electrons. The minimum absolute atomic E-state index is 0.181. The molecular formula is C20H16Br2F2O2. The van der Waals surface area contributed by atoms with Crippen LogP contribution in [0.15, 0.2) is 57.5 Å². The molecular weight excluding hydrogens is 470 g/mol. The number of hydrogen-bond donors (Lipinski definition) is 2. The highest BCUT2D eigenvalue weighted by Gasteiger charge is 2.27. The van der Waals surface area contributed by atoms with E-state index in [-0.39, 0.29) is 11.4 Å². The van der Waals surface area contributed by atoms with Crippen molar-refractivity contribution >= 4 is 42.6 Å². The molecule has 0 aliphatic heterocycles. The third kappa shape index (κ3) is 4.14. The second-order valence-corrected chi connectivity index (χ2v) is 7.94. The van der Waals surface area contributed by atoms with Crippen molar-refractivity contribution in [3.63, 3.8) is 0 Å². The first-order chi connectivity index (χ1) is 12.4. The highest BCUT2D eigenvalue weighted by Crippen LogP contribution is 2.38. The number of fused-ring (bicyclic) bond motifs is 2. The maximum absolute atomic E-state index is 13.5. The van der Waals surface area contributed by atoms with Crippen LogP contribution < -0.4 is 0 Å². The van der Waals surface area contributed by atoms with Crippen molar-refractivity contribution in [2.75, 3.05) is 0 Å². The fourth-order valence-electron chi connectivity index (χ4n) is 3.08. The summed E-state index contributed by atoms with van der Waals surface area (Å²) in [6.45, 7) is 0. The first-order valence-corrected chi connectivity index (χ1v) is 9.64. The second kappa shape index (κ2) is 8.13. The lowest BCUT2D eigenvalue weighted by Crippen LogP contribution is -2.15. The van der Waals surface area contributed by atoms with Crippen molar-refractivity contribution in [3.8, 4) is 0 Å². The van der Waals surface area contributed by atoms with Crippen molar-refractivity contribution in [2.45, 2.75) is 25.0 Å². The molecule has 0 spiro atoms. The molecule has 2 atom stereocenters. The lowest BCUT2D eigenvalue weighted by Gasteiger charge is -2.26. The zero-order valence-corrected chi connectivity index (χ0v) is 16.8. The Hall–Kier alpha value is -1.34. The Bertz CT molecular complexity index is 946. The minimum Gasteiger partial charge on any atom is -0.388 e. The Kier molecular flexibility index (Phi) is 6.07. The van der Waals surface area contributed by atoms with E-state index in [0.717, 1.165) is 9.86 Å². The van der Waals surface area contributed by atoms with Gasteiger partial charge in [0.2, 0.25) is 0 Å². The van der Waals surface area contributed by atoms with Gasteiger partial charge in [-0.05, 0) is 48.1 Å². The maximum atomic E-state index is 13.5. The van der Waals surface area contributed by atoms with E-state index in [1.165, 1.54) is 12.1 Å².